The smallest absolute Gasteiger partial charge is 0.251 e. The molecule has 2 aromatic carbocycles. The molecule has 0 aliphatic heterocycles. The molecule has 0 saturated heterocycles. The summed E-state index contributed by atoms with van der Waals surface area (Å²) in [7, 11) is -3.51. The minimum atomic E-state index is -3.51. The van der Waals surface area contributed by atoms with Gasteiger partial charge in [0.1, 0.15) is 0 Å². The van der Waals surface area contributed by atoms with Crippen molar-refractivity contribution in [3.05, 3.63) is 65.2 Å². The normalized spacial score (nSPS) is 13.9. The summed E-state index contributed by atoms with van der Waals surface area (Å²) in [5, 5.41) is 11.5. The number of rotatable bonds is 6. The summed E-state index contributed by atoms with van der Waals surface area (Å²) >= 11 is 0. The van der Waals surface area contributed by atoms with Gasteiger partial charge < -0.3 is 5.32 Å². The Bertz CT molecular complexity index is 910. The molecule has 1 saturated carbocycles. The first kappa shape index (κ1) is 17.1. The zero-order valence-corrected chi connectivity index (χ0v) is 14.2. The lowest BCUT2D eigenvalue weighted by Gasteiger charge is -2.08. The van der Waals surface area contributed by atoms with Gasteiger partial charge in [0, 0.05) is 18.2 Å². The van der Waals surface area contributed by atoms with Gasteiger partial charge in [-0.15, -0.1) is 0 Å². The Kier molecular flexibility index (Phi) is 4.83. The molecule has 2 aromatic rings. The van der Waals surface area contributed by atoms with Crippen molar-refractivity contribution in [3.8, 4) is 6.07 Å². The van der Waals surface area contributed by atoms with E-state index in [1.807, 2.05) is 6.07 Å². The maximum absolute atomic E-state index is 12.2. The lowest BCUT2D eigenvalue weighted by molar-refractivity contribution is 0.0951. The van der Waals surface area contributed by atoms with Gasteiger partial charge in [-0.25, -0.2) is 13.1 Å². The Morgan fingerprint density at radius 3 is 2.28 bits per heavy atom. The molecule has 128 valence electrons. The van der Waals surface area contributed by atoms with Crippen LogP contribution in [0.1, 0.15) is 34.3 Å². The Balaban J connectivity index is 1.61. The molecule has 2 N–H and O–H groups in total. The van der Waals surface area contributed by atoms with E-state index >= 15 is 0 Å². The van der Waals surface area contributed by atoms with Crippen LogP contribution in [0.4, 0.5) is 0 Å². The highest BCUT2D eigenvalue weighted by Crippen LogP contribution is 2.22. The van der Waals surface area contributed by atoms with Crippen LogP contribution in [0.3, 0.4) is 0 Å². The molecule has 1 fully saturated rings. The molecule has 0 spiro atoms. The van der Waals surface area contributed by atoms with E-state index in [9.17, 15) is 13.2 Å². The van der Waals surface area contributed by atoms with E-state index in [0.29, 0.717) is 17.7 Å². The van der Waals surface area contributed by atoms with Gasteiger partial charge in [-0.2, -0.15) is 5.26 Å². The van der Waals surface area contributed by atoms with Crippen LogP contribution in [-0.4, -0.2) is 20.4 Å². The van der Waals surface area contributed by atoms with Crippen LogP contribution >= 0.6 is 0 Å². The molecule has 1 amide bonds. The summed E-state index contributed by atoms with van der Waals surface area (Å²) in [6, 6.07) is 14.9. The van der Waals surface area contributed by atoms with Crippen molar-refractivity contribution in [1.29, 1.82) is 5.26 Å². The summed E-state index contributed by atoms with van der Waals surface area (Å²) in [5.41, 5.74) is 1.82. The van der Waals surface area contributed by atoms with Gasteiger partial charge >= 0.3 is 0 Å². The third-order valence-corrected chi connectivity index (χ3v) is 5.40. The molecule has 0 atom stereocenters. The monoisotopic (exact) mass is 355 g/mol. The van der Waals surface area contributed by atoms with Crippen LogP contribution < -0.4 is 10.0 Å². The number of carbonyl (C=O) groups excluding carboxylic acids is 1. The minimum Gasteiger partial charge on any atom is -0.348 e. The van der Waals surface area contributed by atoms with Crippen LogP contribution in [0.15, 0.2) is 53.4 Å². The van der Waals surface area contributed by atoms with Gasteiger partial charge in [0.05, 0.1) is 16.5 Å². The fourth-order valence-corrected chi connectivity index (χ4v) is 3.56. The topological polar surface area (TPSA) is 99.1 Å². The number of nitrogens with one attached hydrogen (secondary N) is 2. The summed E-state index contributed by atoms with van der Waals surface area (Å²) in [6.07, 6.45) is 1.74. The van der Waals surface area contributed by atoms with Crippen molar-refractivity contribution in [1.82, 2.24) is 10.0 Å². The number of amides is 1. The number of hydrogen-bond acceptors (Lipinski definition) is 4. The molecular weight excluding hydrogens is 338 g/mol. The number of hydrogen-bond donors (Lipinski definition) is 2. The first-order chi connectivity index (χ1) is 12.0. The van der Waals surface area contributed by atoms with Crippen LogP contribution in [-0.2, 0) is 16.6 Å². The van der Waals surface area contributed by atoms with Crippen LogP contribution in [0.25, 0.3) is 0 Å². The molecule has 3 rings (SSSR count). The molecule has 25 heavy (non-hydrogen) atoms. The Morgan fingerprint density at radius 2 is 1.72 bits per heavy atom. The van der Waals surface area contributed by atoms with E-state index in [1.165, 1.54) is 24.3 Å². The van der Waals surface area contributed by atoms with Crippen LogP contribution in [0.5, 0.6) is 0 Å². The van der Waals surface area contributed by atoms with Crippen molar-refractivity contribution >= 4 is 15.9 Å². The Morgan fingerprint density at radius 1 is 1.08 bits per heavy atom. The third kappa shape index (κ3) is 4.44. The lowest BCUT2D eigenvalue weighted by Crippen LogP contribution is -2.26. The summed E-state index contributed by atoms with van der Waals surface area (Å²) in [5.74, 6) is -0.288. The van der Waals surface area contributed by atoms with E-state index in [0.717, 1.165) is 18.4 Å². The van der Waals surface area contributed by atoms with Gasteiger partial charge in [-0.1, -0.05) is 12.1 Å². The molecular formula is C18H17N3O3S. The Labute approximate surface area is 146 Å². The third-order valence-electron chi connectivity index (χ3n) is 3.86. The van der Waals surface area contributed by atoms with Gasteiger partial charge in [-0.05, 0) is 54.8 Å². The molecule has 0 unspecified atom stereocenters. The quantitative estimate of drug-likeness (QED) is 0.827. The maximum Gasteiger partial charge on any atom is 0.251 e. The van der Waals surface area contributed by atoms with E-state index < -0.39 is 10.0 Å². The highest BCUT2D eigenvalue weighted by atomic mass is 32.2. The first-order valence-electron chi connectivity index (χ1n) is 7.87. The van der Waals surface area contributed by atoms with Crippen molar-refractivity contribution in [2.45, 2.75) is 30.3 Å². The van der Waals surface area contributed by atoms with E-state index in [1.54, 1.807) is 24.3 Å². The van der Waals surface area contributed by atoms with E-state index in [4.69, 9.17) is 5.26 Å². The minimum absolute atomic E-state index is 0.0420. The maximum atomic E-state index is 12.2. The molecule has 1 aliphatic carbocycles. The lowest BCUT2D eigenvalue weighted by atomic mass is 10.1. The van der Waals surface area contributed by atoms with Crippen molar-refractivity contribution in [3.63, 3.8) is 0 Å². The van der Waals surface area contributed by atoms with Gasteiger partial charge in [0.25, 0.3) is 5.91 Å². The number of nitriles is 1. The van der Waals surface area contributed by atoms with Gasteiger partial charge in [0.2, 0.25) is 10.0 Å². The fraction of sp³-hybridized carbons (Fsp3) is 0.222. The molecule has 0 radical (unpaired) electrons. The fourth-order valence-electron chi connectivity index (χ4n) is 2.26. The predicted molar refractivity (Wildman–Crippen MR) is 92.1 cm³/mol. The SMILES string of the molecule is N#Cc1ccc(CNC(=O)c2ccc(S(=O)(=O)NC3CC3)cc2)cc1. The average molecular weight is 355 g/mol. The van der Waals surface area contributed by atoms with Crippen LogP contribution in [0.2, 0.25) is 0 Å². The molecule has 6 nitrogen and oxygen atoms in total. The summed E-state index contributed by atoms with van der Waals surface area (Å²) in [6.45, 7) is 0.327. The number of sulfonamides is 1. The zero-order valence-electron chi connectivity index (χ0n) is 13.4. The summed E-state index contributed by atoms with van der Waals surface area (Å²) in [4.78, 5) is 12.3. The molecule has 1 aliphatic rings. The Hall–Kier alpha value is -2.69. The average Bonchev–Trinajstić information content (AvgIpc) is 3.43. The largest absolute Gasteiger partial charge is 0.348 e. The van der Waals surface area contributed by atoms with Crippen molar-refractivity contribution in [2.24, 2.45) is 0 Å². The van der Waals surface area contributed by atoms with E-state index in [2.05, 4.69) is 10.0 Å². The second-order valence-electron chi connectivity index (χ2n) is 5.91. The zero-order chi connectivity index (χ0) is 17.9. The first-order valence-corrected chi connectivity index (χ1v) is 9.36. The number of carbonyl (C=O) groups is 1. The van der Waals surface area contributed by atoms with Crippen molar-refractivity contribution < 1.29 is 13.2 Å². The standard InChI is InChI=1S/C18H17N3O3S/c19-11-13-1-3-14(4-2-13)12-20-18(22)15-5-9-17(10-6-15)25(23,24)21-16-7-8-16/h1-6,9-10,16,21H,7-8,12H2,(H,20,22). The van der Waals surface area contributed by atoms with E-state index in [-0.39, 0.29) is 16.8 Å². The molecule has 7 heteroatoms. The molecule has 0 aromatic heterocycles. The van der Waals surface area contributed by atoms with Crippen molar-refractivity contribution in [2.75, 3.05) is 0 Å². The molecule has 0 bridgehead atoms. The number of nitrogens with zero attached hydrogens (tertiary/aromatic N) is 1. The number of benzene rings is 2. The second-order valence-corrected chi connectivity index (χ2v) is 7.63. The van der Waals surface area contributed by atoms with Gasteiger partial charge in [-0.3, -0.25) is 4.79 Å². The predicted octanol–water partition coefficient (Wildman–Crippen LogP) is 1.93. The highest BCUT2D eigenvalue weighted by molar-refractivity contribution is 7.89. The van der Waals surface area contributed by atoms with Crippen LogP contribution in [0, 0.1) is 11.3 Å². The second kappa shape index (κ2) is 7.05. The van der Waals surface area contributed by atoms with Gasteiger partial charge in [0.15, 0.2) is 0 Å². The highest BCUT2D eigenvalue weighted by Gasteiger charge is 2.27. The molecule has 0 heterocycles. The summed E-state index contributed by atoms with van der Waals surface area (Å²) < 4.78 is 26.8.